The van der Waals surface area contributed by atoms with Crippen LogP contribution in [0.15, 0.2) is 24.5 Å². The number of ketones is 1. The summed E-state index contributed by atoms with van der Waals surface area (Å²) in [6.07, 6.45) is 2.37. The van der Waals surface area contributed by atoms with Gasteiger partial charge in [-0.2, -0.15) is 5.10 Å². The molecule has 1 amide bonds. The molecule has 0 bridgehead atoms. The van der Waals surface area contributed by atoms with Crippen LogP contribution in [-0.2, 0) is 17.9 Å². The molecule has 0 fully saturated rings. The van der Waals surface area contributed by atoms with Gasteiger partial charge in [-0.25, -0.2) is 9.67 Å². The highest BCUT2D eigenvalue weighted by atomic mass is 35.5. The highest BCUT2D eigenvalue weighted by Crippen LogP contribution is 2.32. The zero-order chi connectivity index (χ0) is 15.0. The highest BCUT2D eigenvalue weighted by Gasteiger charge is 2.36. The molecule has 0 radical (unpaired) electrons. The average Bonchev–Trinajstić information content (AvgIpc) is 2.99. The number of halogens is 1. The molecule has 7 heteroatoms. The van der Waals surface area contributed by atoms with Gasteiger partial charge >= 0.3 is 0 Å². The molecule has 1 aliphatic rings. The number of Topliss-reactive ketones (excluding diaryl/α,β-unsaturated/α-hetero) is 1. The molecule has 0 N–H and O–H groups in total. The van der Waals surface area contributed by atoms with Crippen LogP contribution in [0.1, 0.15) is 29.5 Å². The predicted molar refractivity (Wildman–Crippen MR) is 77.3 cm³/mol. The van der Waals surface area contributed by atoms with Gasteiger partial charge in [0.1, 0.15) is 12.2 Å². The van der Waals surface area contributed by atoms with E-state index in [1.165, 1.54) is 17.3 Å². The number of rotatable bonds is 4. The highest BCUT2D eigenvalue weighted by molar-refractivity contribution is 6.52. The maximum Gasteiger partial charge on any atom is 0.299 e. The zero-order valence-electron chi connectivity index (χ0n) is 11.4. The number of aryl methyl sites for hydroxylation is 1. The van der Waals surface area contributed by atoms with Crippen LogP contribution in [0.3, 0.4) is 0 Å². The van der Waals surface area contributed by atoms with Gasteiger partial charge in [-0.1, -0.05) is 18.5 Å². The number of fused-ring (bicyclic) bond motifs is 1. The van der Waals surface area contributed by atoms with E-state index in [9.17, 15) is 9.59 Å². The molecule has 0 atom stereocenters. The van der Waals surface area contributed by atoms with Crippen molar-refractivity contribution in [2.24, 2.45) is 0 Å². The van der Waals surface area contributed by atoms with Crippen LogP contribution in [-0.4, -0.2) is 26.5 Å². The van der Waals surface area contributed by atoms with E-state index in [0.717, 1.165) is 13.0 Å². The number of aromatic nitrogens is 3. The smallest absolute Gasteiger partial charge is 0.297 e. The minimum absolute atomic E-state index is 0.221. The van der Waals surface area contributed by atoms with Gasteiger partial charge in [-0.05, 0) is 24.6 Å². The van der Waals surface area contributed by atoms with Gasteiger partial charge in [-0.3, -0.25) is 14.5 Å². The molecule has 0 saturated heterocycles. The van der Waals surface area contributed by atoms with E-state index >= 15 is 0 Å². The van der Waals surface area contributed by atoms with Crippen molar-refractivity contribution in [3.05, 3.63) is 40.9 Å². The second kappa shape index (κ2) is 5.29. The number of carbonyl (C=O) groups is 2. The first-order valence-corrected chi connectivity index (χ1v) is 7.02. The van der Waals surface area contributed by atoms with Gasteiger partial charge in [0.2, 0.25) is 0 Å². The molecule has 2 heterocycles. The van der Waals surface area contributed by atoms with Crippen LogP contribution >= 0.6 is 11.6 Å². The minimum atomic E-state index is -0.557. The lowest BCUT2D eigenvalue weighted by Gasteiger charge is -2.16. The molecule has 2 aromatic rings. The van der Waals surface area contributed by atoms with E-state index in [4.69, 9.17) is 11.6 Å². The van der Waals surface area contributed by atoms with E-state index in [-0.39, 0.29) is 6.54 Å². The number of benzene rings is 1. The molecule has 21 heavy (non-hydrogen) atoms. The number of carbonyl (C=O) groups excluding carboxylic acids is 2. The van der Waals surface area contributed by atoms with Crippen LogP contribution in [0.4, 0.5) is 5.69 Å². The first-order valence-electron chi connectivity index (χ1n) is 6.64. The Labute approximate surface area is 126 Å². The molecule has 1 aliphatic heterocycles. The molecule has 6 nitrogen and oxygen atoms in total. The maximum absolute atomic E-state index is 12.1. The van der Waals surface area contributed by atoms with E-state index in [2.05, 4.69) is 10.1 Å². The lowest BCUT2D eigenvalue weighted by Crippen LogP contribution is -2.30. The van der Waals surface area contributed by atoms with Gasteiger partial charge in [0.05, 0.1) is 17.8 Å². The van der Waals surface area contributed by atoms with Crippen molar-refractivity contribution in [1.29, 1.82) is 0 Å². The monoisotopic (exact) mass is 304 g/mol. The number of anilines is 1. The lowest BCUT2D eigenvalue weighted by atomic mass is 10.1. The lowest BCUT2D eigenvalue weighted by molar-refractivity contribution is -0.114. The Morgan fingerprint density at radius 3 is 2.86 bits per heavy atom. The Bertz CT molecular complexity index is 726. The van der Waals surface area contributed by atoms with Crippen LogP contribution in [0, 0.1) is 0 Å². The molecule has 0 spiro atoms. The van der Waals surface area contributed by atoms with Crippen molar-refractivity contribution >= 4 is 29.0 Å². The van der Waals surface area contributed by atoms with Crippen LogP contribution in [0.5, 0.6) is 0 Å². The molecule has 1 aromatic heterocycles. The molecule has 0 aliphatic carbocycles. The van der Waals surface area contributed by atoms with Gasteiger partial charge in [0.25, 0.3) is 11.7 Å². The molecular formula is C14H13ClN4O2. The molecule has 0 unspecified atom stereocenters. The Hall–Kier alpha value is -2.21. The van der Waals surface area contributed by atoms with Crippen molar-refractivity contribution in [3.8, 4) is 0 Å². The Kier molecular flexibility index (Phi) is 3.47. The van der Waals surface area contributed by atoms with Crippen molar-refractivity contribution in [1.82, 2.24) is 14.8 Å². The third kappa shape index (κ3) is 2.31. The van der Waals surface area contributed by atoms with Gasteiger partial charge in [-0.15, -0.1) is 0 Å². The second-order valence-electron chi connectivity index (χ2n) is 4.78. The zero-order valence-corrected chi connectivity index (χ0v) is 12.2. The summed E-state index contributed by atoms with van der Waals surface area (Å²) >= 11 is 5.88. The van der Waals surface area contributed by atoms with E-state index in [0.29, 0.717) is 22.1 Å². The first kappa shape index (κ1) is 13.8. The number of hydrogen-bond acceptors (Lipinski definition) is 4. The predicted octanol–water partition coefficient (Wildman–Crippen LogP) is 2.07. The van der Waals surface area contributed by atoms with Gasteiger partial charge in [0, 0.05) is 11.6 Å². The van der Waals surface area contributed by atoms with E-state index in [1.54, 1.807) is 16.8 Å². The van der Waals surface area contributed by atoms with Crippen molar-refractivity contribution in [3.63, 3.8) is 0 Å². The fourth-order valence-corrected chi connectivity index (χ4v) is 2.55. The van der Waals surface area contributed by atoms with E-state index < -0.39 is 11.7 Å². The third-order valence-electron chi connectivity index (χ3n) is 3.36. The Morgan fingerprint density at radius 2 is 2.10 bits per heavy atom. The van der Waals surface area contributed by atoms with Crippen molar-refractivity contribution < 1.29 is 9.59 Å². The topological polar surface area (TPSA) is 68.1 Å². The SMILES string of the molecule is CCCn1ncnc1CN1C(=O)C(=O)c2cc(Cl)ccc21. The molecule has 3 rings (SSSR count). The normalized spacial score (nSPS) is 13.9. The van der Waals surface area contributed by atoms with Crippen molar-refractivity contribution in [2.45, 2.75) is 26.4 Å². The summed E-state index contributed by atoms with van der Waals surface area (Å²) in [7, 11) is 0. The number of hydrogen-bond donors (Lipinski definition) is 0. The summed E-state index contributed by atoms with van der Waals surface area (Å²) < 4.78 is 1.74. The Morgan fingerprint density at radius 1 is 1.29 bits per heavy atom. The van der Waals surface area contributed by atoms with Crippen LogP contribution in [0.2, 0.25) is 5.02 Å². The minimum Gasteiger partial charge on any atom is -0.297 e. The summed E-state index contributed by atoms with van der Waals surface area (Å²) in [5, 5.41) is 4.56. The average molecular weight is 305 g/mol. The van der Waals surface area contributed by atoms with Gasteiger partial charge < -0.3 is 0 Å². The van der Waals surface area contributed by atoms with E-state index in [1.807, 2.05) is 6.92 Å². The standard InChI is InChI=1S/C14H13ClN4O2/c1-2-5-19-12(16-8-17-19)7-18-11-4-3-9(15)6-10(11)13(20)14(18)21/h3-4,6,8H,2,5,7H2,1H3. The quantitative estimate of drug-likeness (QED) is 0.811. The summed E-state index contributed by atoms with van der Waals surface area (Å²) in [6.45, 7) is 2.98. The molecule has 1 aromatic carbocycles. The van der Waals surface area contributed by atoms with Crippen LogP contribution < -0.4 is 4.90 Å². The van der Waals surface area contributed by atoms with Crippen LogP contribution in [0.25, 0.3) is 0 Å². The first-order chi connectivity index (χ1) is 10.1. The summed E-state index contributed by atoms with van der Waals surface area (Å²) in [5.41, 5.74) is 0.912. The fourth-order valence-electron chi connectivity index (χ4n) is 2.38. The maximum atomic E-state index is 12.1. The molecular weight excluding hydrogens is 292 g/mol. The third-order valence-corrected chi connectivity index (χ3v) is 3.60. The number of amides is 1. The van der Waals surface area contributed by atoms with Gasteiger partial charge in [0.15, 0.2) is 0 Å². The molecule has 0 saturated carbocycles. The summed E-state index contributed by atoms with van der Waals surface area (Å²) in [5.74, 6) is -0.437. The largest absolute Gasteiger partial charge is 0.299 e. The fraction of sp³-hybridized carbons (Fsp3) is 0.286. The Balaban J connectivity index is 1.95. The number of nitrogens with zero attached hydrogens (tertiary/aromatic N) is 4. The second-order valence-corrected chi connectivity index (χ2v) is 5.22. The van der Waals surface area contributed by atoms with Crippen molar-refractivity contribution in [2.75, 3.05) is 4.90 Å². The molecule has 108 valence electrons. The summed E-state index contributed by atoms with van der Waals surface area (Å²) in [4.78, 5) is 29.7. The summed E-state index contributed by atoms with van der Waals surface area (Å²) in [6, 6.07) is 4.87.